The van der Waals surface area contributed by atoms with E-state index in [0.29, 0.717) is 17.1 Å². The molecule has 1 N–H and O–H groups in total. The fourth-order valence-electron chi connectivity index (χ4n) is 1.92. The number of aryl methyl sites for hydroxylation is 2. The minimum Gasteiger partial charge on any atom is -0.457 e. The molecule has 3 rings (SSSR count). The van der Waals surface area contributed by atoms with Crippen LogP contribution in [0.4, 0.5) is 0 Å². The Morgan fingerprint density at radius 3 is 2.94 bits per heavy atom. The number of aromatic nitrogens is 1. The molecule has 0 aliphatic carbocycles. The van der Waals surface area contributed by atoms with Crippen LogP contribution in [0.5, 0.6) is 5.75 Å². The Morgan fingerprint density at radius 1 is 1.31 bits per heavy atom. The minimum absolute atomic E-state index is 0.572. The molecular formula is C12H11NO3. The highest BCUT2D eigenvalue weighted by Gasteiger charge is 2.28. The van der Waals surface area contributed by atoms with Gasteiger partial charge in [0.05, 0.1) is 0 Å². The second-order valence-corrected chi connectivity index (χ2v) is 3.93. The first-order valence-corrected chi connectivity index (χ1v) is 5.07. The number of hydrogen-bond donors (Lipinski definition) is 1. The van der Waals surface area contributed by atoms with Gasteiger partial charge in [0.1, 0.15) is 5.76 Å². The Kier molecular flexibility index (Phi) is 1.82. The largest absolute Gasteiger partial charge is 0.457 e. The van der Waals surface area contributed by atoms with E-state index in [-0.39, 0.29) is 0 Å². The molecule has 0 fully saturated rings. The van der Waals surface area contributed by atoms with E-state index >= 15 is 0 Å². The van der Waals surface area contributed by atoms with Gasteiger partial charge in [-0.1, -0.05) is 0 Å². The van der Waals surface area contributed by atoms with Crippen LogP contribution in [0.15, 0.2) is 22.7 Å². The molecule has 2 aromatic heterocycles. The van der Waals surface area contributed by atoms with E-state index in [1.54, 1.807) is 18.3 Å². The summed E-state index contributed by atoms with van der Waals surface area (Å²) in [7, 11) is 0. The molecule has 1 aliphatic heterocycles. The highest BCUT2D eigenvalue weighted by atomic mass is 16.6. The van der Waals surface area contributed by atoms with Crippen molar-refractivity contribution < 1.29 is 14.3 Å². The van der Waals surface area contributed by atoms with E-state index in [0.717, 1.165) is 17.0 Å². The van der Waals surface area contributed by atoms with Gasteiger partial charge in [0.15, 0.2) is 11.5 Å². The van der Waals surface area contributed by atoms with Crippen LogP contribution in [-0.4, -0.2) is 10.1 Å². The van der Waals surface area contributed by atoms with Gasteiger partial charge in [0.2, 0.25) is 6.29 Å². The Balaban J connectivity index is 2.27. The van der Waals surface area contributed by atoms with Crippen molar-refractivity contribution in [3.63, 3.8) is 0 Å². The molecule has 0 radical (unpaired) electrons. The monoisotopic (exact) mass is 217 g/mol. The standard InChI is InChI=1S/C12H11NO3/c1-6-3-8-9(5-13-6)11-10(16-12(8)14)4-7(2)15-11/h3-5,12,14H,1-2H3. The first-order valence-electron chi connectivity index (χ1n) is 5.07. The molecule has 82 valence electrons. The van der Waals surface area contributed by atoms with E-state index in [2.05, 4.69) is 4.98 Å². The van der Waals surface area contributed by atoms with Gasteiger partial charge in [-0.2, -0.15) is 0 Å². The van der Waals surface area contributed by atoms with Gasteiger partial charge in [-0.3, -0.25) is 4.98 Å². The number of fused-ring (bicyclic) bond motifs is 3. The minimum atomic E-state index is -0.943. The lowest BCUT2D eigenvalue weighted by atomic mass is 10.0. The van der Waals surface area contributed by atoms with Crippen LogP contribution in [0, 0.1) is 13.8 Å². The normalized spacial score (nSPS) is 17.6. The van der Waals surface area contributed by atoms with E-state index in [1.807, 2.05) is 13.8 Å². The molecule has 0 saturated heterocycles. The molecule has 4 heteroatoms. The average Bonchev–Trinajstić information content (AvgIpc) is 2.59. The maximum Gasteiger partial charge on any atom is 0.225 e. The summed E-state index contributed by atoms with van der Waals surface area (Å²) in [6.07, 6.45) is 0.763. The van der Waals surface area contributed by atoms with Crippen molar-refractivity contribution in [1.29, 1.82) is 0 Å². The highest BCUT2D eigenvalue weighted by Crippen LogP contribution is 2.42. The molecule has 0 spiro atoms. The van der Waals surface area contributed by atoms with Crippen molar-refractivity contribution in [2.45, 2.75) is 20.1 Å². The molecule has 0 bridgehead atoms. The average molecular weight is 217 g/mol. The molecule has 3 heterocycles. The zero-order valence-corrected chi connectivity index (χ0v) is 9.02. The number of hydrogen-bond acceptors (Lipinski definition) is 4. The van der Waals surface area contributed by atoms with Gasteiger partial charge in [-0.15, -0.1) is 0 Å². The summed E-state index contributed by atoms with van der Waals surface area (Å²) >= 11 is 0. The third kappa shape index (κ3) is 1.23. The Morgan fingerprint density at radius 2 is 2.12 bits per heavy atom. The quantitative estimate of drug-likeness (QED) is 0.735. The van der Waals surface area contributed by atoms with Gasteiger partial charge in [0.25, 0.3) is 0 Å². The zero-order chi connectivity index (χ0) is 11.3. The van der Waals surface area contributed by atoms with Crippen LogP contribution in [0.1, 0.15) is 23.3 Å². The third-order valence-electron chi connectivity index (χ3n) is 2.64. The number of pyridine rings is 1. The van der Waals surface area contributed by atoms with Crippen molar-refractivity contribution in [1.82, 2.24) is 4.98 Å². The molecule has 1 atom stereocenters. The lowest BCUT2D eigenvalue weighted by Crippen LogP contribution is -2.12. The number of nitrogens with zero attached hydrogens (tertiary/aromatic N) is 1. The van der Waals surface area contributed by atoms with Crippen LogP contribution < -0.4 is 4.74 Å². The summed E-state index contributed by atoms with van der Waals surface area (Å²) in [5.74, 6) is 1.97. The second kappa shape index (κ2) is 3.09. The van der Waals surface area contributed by atoms with E-state index in [1.165, 1.54) is 0 Å². The van der Waals surface area contributed by atoms with Crippen molar-refractivity contribution in [3.05, 3.63) is 35.3 Å². The number of aliphatic hydroxyl groups is 1. The van der Waals surface area contributed by atoms with E-state index in [4.69, 9.17) is 9.15 Å². The van der Waals surface area contributed by atoms with Crippen LogP contribution in [-0.2, 0) is 0 Å². The fourth-order valence-corrected chi connectivity index (χ4v) is 1.92. The maximum absolute atomic E-state index is 9.85. The molecule has 2 aromatic rings. The van der Waals surface area contributed by atoms with Crippen molar-refractivity contribution >= 4 is 0 Å². The third-order valence-corrected chi connectivity index (χ3v) is 2.64. The Hall–Kier alpha value is -1.81. The fraction of sp³-hybridized carbons (Fsp3) is 0.250. The van der Waals surface area contributed by atoms with Crippen molar-refractivity contribution in [2.75, 3.05) is 0 Å². The van der Waals surface area contributed by atoms with Gasteiger partial charge in [-0.05, 0) is 19.9 Å². The predicted molar refractivity (Wildman–Crippen MR) is 57.0 cm³/mol. The summed E-state index contributed by atoms with van der Waals surface area (Å²) in [6.45, 7) is 3.71. The van der Waals surface area contributed by atoms with Crippen LogP contribution in [0.25, 0.3) is 11.3 Å². The Bertz CT molecular complexity index is 559. The number of ether oxygens (including phenoxy) is 1. The highest BCUT2D eigenvalue weighted by molar-refractivity contribution is 5.70. The summed E-state index contributed by atoms with van der Waals surface area (Å²) in [6, 6.07) is 3.57. The predicted octanol–water partition coefficient (Wildman–Crippen LogP) is 2.34. The number of rotatable bonds is 0. The summed E-state index contributed by atoms with van der Waals surface area (Å²) < 4.78 is 10.9. The summed E-state index contributed by atoms with van der Waals surface area (Å²) in [4.78, 5) is 4.21. The first kappa shape index (κ1) is 9.42. The van der Waals surface area contributed by atoms with Gasteiger partial charge in [-0.25, -0.2) is 0 Å². The van der Waals surface area contributed by atoms with Crippen molar-refractivity contribution in [3.8, 4) is 17.1 Å². The molecule has 1 aliphatic rings. The Labute approximate surface area is 92.5 Å². The first-order chi connectivity index (χ1) is 7.65. The molecule has 1 unspecified atom stereocenters. The molecule has 0 aromatic carbocycles. The van der Waals surface area contributed by atoms with Gasteiger partial charge < -0.3 is 14.3 Å². The number of aliphatic hydroxyl groups excluding tert-OH is 1. The van der Waals surface area contributed by atoms with Gasteiger partial charge >= 0.3 is 0 Å². The summed E-state index contributed by atoms with van der Waals surface area (Å²) in [5.41, 5.74) is 2.34. The lowest BCUT2D eigenvalue weighted by molar-refractivity contribution is -0.0221. The summed E-state index contributed by atoms with van der Waals surface area (Å²) in [5, 5.41) is 9.85. The smallest absolute Gasteiger partial charge is 0.225 e. The van der Waals surface area contributed by atoms with Crippen LogP contribution in [0.3, 0.4) is 0 Å². The maximum atomic E-state index is 9.85. The molecule has 16 heavy (non-hydrogen) atoms. The lowest BCUT2D eigenvalue weighted by Gasteiger charge is -2.21. The van der Waals surface area contributed by atoms with E-state index in [9.17, 15) is 5.11 Å². The molecular weight excluding hydrogens is 206 g/mol. The van der Waals surface area contributed by atoms with Gasteiger partial charge in [0, 0.05) is 29.1 Å². The van der Waals surface area contributed by atoms with Crippen LogP contribution in [0.2, 0.25) is 0 Å². The van der Waals surface area contributed by atoms with Crippen molar-refractivity contribution in [2.24, 2.45) is 0 Å². The molecule has 0 saturated carbocycles. The zero-order valence-electron chi connectivity index (χ0n) is 9.02. The second-order valence-electron chi connectivity index (χ2n) is 3.93. The molecule has 4 nitrogen and oxygen atoms in total. The topological polar surface area (TPSA) is 55.5 Å². The number of furan rings is 1. The molecule has 0 amide bonds. The van der Waals surface area contributed by atoms with E-state index < -0.39 is 6.29 Å². The SMILES string of the molecule is Cc1cc2c(cn1)-c1oc(C)cc1OC2O. The van der Waals surface area contributed by atoms with Crippen LogP contribution >= 0.6 is 0 Å².